The lowest BCUT2D eigenvalue weighted by atomic mass is 10.1. The Bertz CT molecular complexity index is 1220. The highest BCUT2D eigenvalue weighted by Gasteiger charge is 2.43. The monoisotopic (exact) mass is 511 g/mol. The highest BCUT2D eigenvalue weighted by Crippen LogP contribution is 2.29. The quantitative estimate of drug-likeness (QED) is 0.428. The number of carbonyl (C=O) groups excluding carboxylic acids is 2. The molecule has 1 heterocycles. The average molecular weight is 512 g/mol. The van der Waals surface area contributed by atoms with Gasteiger partial charge in [0.15, 0.2) is 5.11 Å². The van der Waals surface area contributed by atoms with Gasteiger partial charge < -0.3 is 15.0 Å². The molecule has 0 bridgehead atoms. The molecule has 0 saturated carbocycles. The lowest BCUT2D eigenvalue weighted by molar-refractivity contribution is -0.124. The maximum atomic E-state index is 13.5. The van der Waals surface area contributed by atoms with Crippen LogP contribution in [-0.2, 0) is 16.0 Å². The summed E-state index contributed by atoms with van der Waals surface area (Å²) in [4.78, 5) is 29.5. The van der Waals surface area contributed by atoms with Crippen LogP contribution in [0.15, 0.2) is 72.8 Å². The molecule has 1 unspecified atom stereocenters. The number of hydrogen-bond donors (Lipinski definition) is 1. The van der Waals surface area contributed by atoms with Gasteiger partial charge in [0.25, 0.3) is 5.91 Å². The Labute approximate surface area is 213 Å². The van der Waals surface area contributed by atoms with Crippen molar-refractivity contribution in [3.8, 4) is 5.75 Å². The van der Waals surface area contributed by atoms with Gasteiger partial charge in [-0.25, -0.2) is 4.39 Å². The first-order valence-electron chi connectivity index (χ1n) is 10.9. The summed E-state index contributed by atoms with van der Waals surface area (Å²) in [6.45, 7) is 0.440. The van der Waals surface area contributed by atoms with Gasteiger partial charge in [-0.15, -0.1) is 0 Å². The number of carbonyl (C=O) groups is 2. The molecular formula is C26H23ClFN3O3S. The van der Waals surface area contributed by atoms with E-state index < -0.39 is 11.9 Å². The molecule has 1 fully saturated rings. The van der Waals surface area contributed by atoms with E-state index in [1.54, 1.807) is 36.3 Å². The van der Waals surface area contributed by atoms with Crippen LogP contribution in [0.25, 0.3) is 0 Å². The van der Waals surface area contributed by atoms with Crippen LogP contribution < -0.4 is 15.0 Å². The number of anilines is 2. The van der Waals surface area contributed by atoms with Gasteiger partial charge in [0, 0.05) is 17.3 Å². The van der Waals surface area contributed by atoms with Crippen molar-refractivity contribution in [1.82, 2.24) is 4.90 Å². The highest BCUT2D eigenvalue weighted by atomic mass is 35.5. The Balaban J connectivity index is 1.54. The van der Waals surface area contributed by atoms with Crippen molar-refractivity contribution in [2.75, 3.05) is 23.9 Å². The van der Waals surface area contributed by atoms with E-state index >= 15 is 0 Å². The van der Waals surface area contributed by atoms with Crippen molar-refractivity contribution in [2.24, 2.45) is 0 Å². The Kier molecular flexibility index (Phi) is 7.63. The first kappa shape index (κ1) is 24.6. The molecule has 1 aliphatic rings. The van der Waals surface area contributed by atoms with Gasteiger partial charge in [-0.3, -0.25) is 14.5 Å². The van der Waals surface area contributed by atoms with Crippen LogP contribution in [0.2, 0.25) is 5.02 Å². The fourth-order valence-corrected chi connectivity index (χ4v) is 4.42. The van der Waals surface area contributed by atoms with Gasteiger partial charge in [-0.05, 0) is 84.9 Å². The predicted octanol–water partition coefficient (Wildman–Crippen LogP) is 5.06. The molecule has 0 radical (unpaired) electrons. The number of hydrogen-bond acceptors (Lipinski definition) is 4. The van der Waals surface area contributed by atoms with E-state index in [0.717, 1.165) is 11.3 Å². The number of thiocarbonyl (C=S) groups is 1. The first-order valence-corrected chi connectivity index (χ1v) is 11.7. The molecule has 3 aromatic carbocycles. The highest BCUT2D eigenvalue weighted by molar-refractivity contribution is 7.80. The van der Waals surface area contributed by atoms with Crippen LogP contribution in [0.3, 0.4) is 0 Å². The molecule has 3 aromatic rings. The summed E-state index contributed by atoms with van der Waals surface area (Å²) >= 11 is 11.7. The molecule has 0 spiro atoms. The second-order valence-electron chi connectivity index (χ2n) is 8.00. The van der Waals surface area contributed by atoms with Crippen LogP contribution in [0, 0.1) is 5.82 Å². The van der Waals surface area contributed by atoms with Crippen LogP contribution >= 0.6 is 23.8 Å². The minimum absolute atomic E-state index is 0.108. The summed E-state index contributed by atoms with van der Waals surface area (Å²) in [6, 6.07) is 19.1. The van der Waals surface area contributed by atoms with E-state index in [0.29, 0.717) is 34.5 Å². The van der Waals surface area contributed by atoms with Gasteiger partial charge in [0.1, 0.15) is 17.6 Å². The minimum Gasteiger partial charge on any atom is -0.497 e. The summed E-state index contributed by atoms with van der Waals surface area (Å²) in [5.74, 6) is -0.307. The lowest BCUT2D eigenvalue weighted by Gasteiger charge is -2.24. The van der Waals surface area contributed by atoms with Crippen molar-refractivity contribution in [2.45, 2.75) is 18.9 Å². The van der Waals surface area contributed by atoms with Crippen molar-refractivity contribution in [3.05, 3.63) is 89.2 Å². The second kappa shape index (κ2) is 10.8. The minimum atomic E-state index is -0.781. The molecule has 1 saturated heterocycles. The number of ether oxygens (including phenoxy) is 1. The van der Waals surface area contributed by atoms with E-state index in [-0.39, 0.29) is 18.2 Å². The molecule has 6 nitrogen and oxygen atoms in total. The molecule has 1 atom stereocenters. The summed E-state index contributed by atoms with van der Waals surface area (Å²) in [6.07, 6.45) is 0.505. The zero-order chi connectivity index (χ0) is 24.9. The molecule has 0 aromatic heterocycles. The molecule has 180 valence electrons. The number of rotatable bonds is 8. The fraction of sp³-hybridized carbons (Fsp3) is 0.192. The number of benzene rings is 3. The molecule has 2 amide bonds. The topological polar surface area (TPSA) is 61.9 Å². The fourth-order valence-electron chi connectivity index (χ4n) is 3.88. The Morgan fingerprint density at radius 3 is 2.34 bits per heavy atom. The van der Waals surface area contributed by atoms with Crippen molar-refractivity contribution >= 4 is 52.1 Å². The van der Waals surface area contributed by atoms with E-state index in [4.69, 9.17) is 28.6 Å². The number of amides is 2. The molecule has 9 heteroatoms. The van der Waals surface area contributed by atoms with E-state index in [2.05, 4.69) is 5.32 Å². The molecule has 4 rings (SSSR count). The molecule has 0 aliphatic carbocycles. The van der Waals surface area contributed by atoms with Gasteiger partial charge >= 0.3 is 0 Å². The van der Waals surface area contributed by atoms with E-state index in [9.17, 15) is 14.0 Å². The van der Waals surface area contributed by atoms with Crippen molar-refractivity contribution in [3.63, 3.8) is 0 Å². The van der Waals surface area contributed by atoms with E-state index in [1.165, 1.54) is 29.2 Å². The zero-order valence-corrected chi connectivity index (χ0v) is 20.5. The van der Waals surface area contributed by atoms with Crippen LogP contribution in [0.4, 0.5) is 15.8 Å². The number of nitrogens with zero attached hydrogens (tertiary/aromatic N) is 2. The normalized spacial score (nSPS) is 15.5. The molecule has 1 N–H and O–H groups in total. The van der Waals surface area contributed by atoms with Crippen LogP contribution in [0.1, 0.15) is 12.0 Å². The third-order valence-electron chi connectivity index (χ3n) is 5.71. The zero-order valence-electron chi connectivity index (χ0n) is 18.9. The number of halogens is 2. The smallest absolute Gasteiger partial charge is 0.256 e. The van der Waals surface area contributed by atoms with E-state index in [1.807, 2.05) is 24.3 Å². The summed E-state index contributed by atoms with van der Waals surface area (Å²) < 4.78 is 18.4. The molecule has 1 aliphatic heterocycles. The second-order valence-corrected chi connectivity index (χ2v) is 8.80. The van der Waals surface area contributed by atoms with Gasteiger partial charge in [0.05, 0.1) is 19.2 Å². The third-order valence-corrected chi connectivity index (χ3v) is 6.38. The van der Waals surface area contributed by atoms with Crippen molar-refractivity contribution < 1.29 is 18.7 Å². The first-order chi connectivity index (χ1) is 16.9. The standard InChI is InChI=1S/C26H23ClFN3O3S/c1-34-22-12-2-17(3-13-22)14-15-30-23(16-24(32)29-20-8-6-19(28)7-9-20)25(33)31(26(30)35)21-10-4-18(27)5-11-21/h2-13,23H,14-16H2,1H3,(H,29,32). The third kappa shape index (κ3) is 5.78. The van der Waals surface area contributed by atoms with Crippen LogP contribution in [0.5, 0.6) is 5.75 Å². The largest absolute Gasteiger partial charge is 0.497 e. The SMILES string of the molecule is COc1ccc(CCN2C(=S)N(c3ccc(Cl)cc3)C(=O)C2CC(=O)Nc2ccc(F)cc2)cc1. The molecular weight excluding hydrogens is 489 g/mol. The van der Waals surface area contributed by atoms with Crippen LogP contribution in [-0.4, -0.2) is 41.5 Å². The number of methoxy groups -OCH3 is 1. The maximum absolute atomic E-state index is 13.5. The van der Waals surface area contributed by atoms with Gasteiger partial charge in [0.2, 0.25) is 5.91 Å². The predicted molar refractivity (Wildman–Crippen MR) is 138 cm³/mol. The summed E-state index contributed by atoms with van der Waals surface area (Å²) in [5.41, 5.74) is 2.07. The van der Waals surface area contributed by atoms with Crippen molar-refractivity contribution in [1.29, 1.82) is 0 Å². The molecule has 35 heavy (non-hydrogen) atoms. The summed E-state index contributed by atoms with van der Waals surface area (Å²) in [5, 5.41) is 3.59. The lowest BCUT2D eigenvalue weighted by Crippen LogP contribution is -2.39. The number of nitrogens with one attached hydrogen (secondary N) is 1. The average Bonchev–Trinajstić information content (AvgIpc) is 3.08. The Morgan fingerprint density at radius 2 is 1.71 bits per heavy atom. The summed E-state index contributed by atoms with van der Waals surface area (Å²) in [7, 11) is 1.61. The van der Waals surface area contributed by atoms with Gasteiger partial charge in [-0.1, -0.05) is 23.7 Å². The Hall–Kier alpha value is -3.49. The Morgan fingerprint density at radius 1 is 1.06 bits per heavy atom. The maximum Gasteiger partial charge on any atom is 0.256 e. The van der Waals surface area contributed by atoms with Gasteiger partial charge in [-0.2, -0.15) is 0 Å².